The molecule has 0 spiro atoms. The van der Waals surface area contributed by atoms with Crippen LogP contribution in [0.1, 0.15) is 47.2 Å². The number of rotatable bonds is 3. The van der Waals surface area contributed by atoms with E-state index in [-0.39, 0.29) is 16.9 Å². The molecule has 0 amide bonds. The first-order valence-electron chi connectivity index (χ1n) is 12.5. The van der Waals surface area contributed by atoms with Crippen molar-refractivity contribution in [1.82, 2.24) is 0 Å². The highest BCUT2D eigenvalue weighted by atomic mass is 32.2. The molecule has 0 heterocycles. The minimum absolute atomic E-state index is 0.0224. The van der Waals surface area contributed by atoms with Crippen LogP contribution in [0, 0.1) is 60.8 Å². The SMILES string of the molecule is CC(=O)Sc1ccc(C#Cc2ccc(-c3ccc(C#Cc4c(F)c(F)c(SC(C)=O)c(F)c4F)cc3C)c(C)c2)cc1. The summed E-state index contributed by atoms with van der Waals surface area (Å²) in [7, 11) is 0. The van der Waals surface area contributed by atoms with E-state index < -0.39 is 38.8 Å². The van der Waals surface area contributed by atoms with Crippen molar-refractivity contribution in [2.45, 2.75) is 37.5 Å². The van der Waals surface area contributed by atoms with E-state index in [0.717, 1.165) is 45.2 Å². The number of benzene rings is 4. The van der Waals surface area contributed by atoms with Gasteiger partial charge in [-0.05, 0) is 96.4 Å². The van der Waals surface area contributed by atoms with Gasteiger partial charge in [0.15, 0.2) is 33.5 Å². The molecule has 0 aromatic heterocycles. The number of hydrogen-bond acceptors (Lipinski definition) is 4. The number of carbonyl (C=O) groups is 2. The molecule has 0 unspecified atom stereocenters. The van der Waals surface area contributed by atoms with Crippen LogP contribution >= 0.6 is 23.5 Å². The van der Waals surface area contributed by atoms with Gasteiger partial charge in [-0.2, -0.15) is 0 Å². The van der Waals surface area contributed by atoms with Crippen molar-refractivity contribution in [2.24, 2.45) is 0 Å². The molecule has 210 valence electrons. The second-order valence-corrected chi connectivity index (χ2v) is 11.7. The van der Waals surface area contributed by atoms with Gasteiger partial charge in [0.2, 0.25) is 0 Å². The fourth-order valence-corrected chi connectivity index (χ4v) is 5.34. The summed E-state index contributed by atoms with van der Waals surface area (Å²) < 4.78 is 57.6. The molecule has 2 nitrogen and oxygen atoms in total. The zero-order valence-corrected chi connectivity index (χ0v) is 24.6. The molecule has 0 N–H and O–H groups in total. The quantitative estimate of drug-likeness (QED) is 0.102. The third-order valence-electron chi connectivity index (χ3n) is 6.01. The van der Waals surface area contributed by atoms with Crippen molar-refractivity contribution in [2.75, 3.05) is 0 Å². The molecule has 0 aliphatic rings. The molecule has 4 aromatic rings. The van der Waals surface area contributed by atoms with Crippen molar-refractivity contribution in [3.8, 4) is 34.8 Å². The van der Waals surface area contributed by atoms with E-state index in [1.165, 1.54) is 18.7 Å². The molecule has 42 heavy (non-hydrogen) atoms. The molecule has 8 heteroatoms. The van der Waals surface area contributed by atoms with Crippen molar-refractivity contribution in [3.05, 3.63) is 117 Å². The Bertz CT molecular complexity index is 1830. The number of aryl methyl sites for hydroxylation is 2. The summed E-state index contributed by atoms with van der Waals surface area (Å²) >= 11 is 1.24. The lowest BCUT2D eigenvalue weighted by Gasteiger charge is -2.10. The number of carbonyl (C=O) groups excluding carboxylic acids is 2. The minimum atomic E-state index is -1.66. The van der Waals surface area contributed by atoms with Crippen molar-refractivity contribution in [1.29, 1.82) is 0 Å². The average Bonchev–Trinajstić information content (AvgIpc) is 2.94. The standard InChI is InChI=1S/C34H22F4O2S2/c1-19-17-24(6-5-23-7-12-26(13-8-23)41-21(3)39)9-14-27(19)28-15-10-25(18-20(28)2)11-16-29-30(35)32(37)34(42-22(4)40)33(38)31(29)36/h7-10,12-15,17-18H,1-4H3. The largest absolute Gasteiger partial charge is 0.287 e. The van der Waals surface area contributed by atoms with Crippen LogP contribution in [0.3, 0.4) is 0 Å². The van der Waals surface area contributed by atoms with Gasteiger partial charge >= 0.3 is 0 Å². The highest BCUT2D eigenvalue weighted by Crippen LogP contribution is 2.32. The summed E-state index contributed by atoms with van der Waals surface area (Å²) in [4.78, 5) is 22.3. The van der Waals surface area contributed by atoms with E-state index in [9.17, 15) is 27.2 Å². The van der Waals surface area contributed by atoms with Gasteiger partial charge in [0.05, 0.1) is 4.90 Å². The normalized spacial score (nSPS) is 10.4. The van der Waals surface area contributed by atoms with Crippen LogP contribution in [0.4, 0.5) is 17.6 Å². The lowest BCUT2D eigenvalue weighted by atomic mass is 9.94. The predicted molar refractivity (Wildman–Crippen MR) is 159 cm³/mol. The minimum Gasteiger partial charge on any atom is -0.287 e. The van der Waals surface area contributed by atoms with Gasteiger partial charge < -0.3 is 0 Å². The first-order valence-corrected chi connectivity index (χ1v) is 14.2. The Balaban J connectivity index is 1.57. The number of halogens is 4. The summed E-state index contributed by atoms with van der Waals surface area (Å²) in [5.74, 6) is 4.43. The Morgan fingerprint density at radius 3 is 1.45 bits per heavy atom. The Hall–Kier alpha value is -4.24. The van der Waals surface area contributed by atoms with Gasteiger partial charge in [-0.1, -0.05) is 47.6 Å². The van der Waals surface area contributed by atoms with Crippen LogP contribution in [0.2, 0.25) is 0 Å². The van der Waals surface area contributed by atoms with Crippen LogP contribution in [0.15, 0.2) is 70.5 Å². The maximum absolute atomic E-state index is 14.5. The first kappa shape index (κ1) is 30.7. The molecule has 4 rings (SSSR count). The molecular weight excluding hydrogens is 580 g/mol. The lowest BCUT2D eigenvalue weighted by molar-refractivity contribution is -0.109. The molecule has 0 saturated heterocycles. The van der Waals surface area contributed by atoms with E-state index in [1.54, 1.807) is 12.1 Å². The van der Waals surface area contributed by atoms with E-state index in [4.69, 9.17) is 0 Å². The molecule has 4 aromatic carbocycles. The monoisotopic (exact) mass is 602 g/mol. The topological polar surface area (TPSA) is 34.1 Å². The van der Waals surface area contributed by atoms with Gasteiger partial charge in [-0.15, -0.1) is 0 Å². The maximum Gasteiger partial charge on any atom is 0.190 e. The van der Waals surface area contributed by atoms with E-state index >= 15 is 0 Å². The van der Waals surface area contributed by atoms with Gasteiger partial charge in [-0.25, -0.2) is 17.6 Å². The van der Waals surface area contributed by atoms with E-state index in [0.29, 0.717) is 5.56 Å². The first-order chi connectivity index (χ1) is 19.9. The Morgan fingerprint density at radius 2 is 1.00 bits per heavy atom. The molecule has 0 saturated carbocycles. The fraction of sp³-hybridized carbons (Fsp3) is 0.118. The number of hydrogen-bond donors (Lipinski definition) is 0. The maximum atomic E-state index is 14.5. The van der Waals surface area contributed by atoms with Gasteiger partial charge in [0, 0.05) is 35.4 Å². The second-order valence-electron chi connectivity index (χ2n) is 9.23. The van der Waals surface area contributed by atoms with Gasteiger partial charge in [0.1, 0.15) is 5.56 Å². The zero-order chi connectivity index (χ0) is 30.6. The average molecular weight is 603 g/mol. The highest BCUT2D eigenvalue weighted by Gasteiger charge is 2.26. The van der Waals surface area contributed by atoms with E-state index in [1.807, 2.05) is 62.4 Å². The Kier molecular flexibility index (Phi) is 9.63. The Morgan fingerprint density at radius 1 is 0.571 bits per heavy atom. The predicted octanol–water partition coefficient (Wildman–Crippen LogP) is 8.60. The molecular formula is C34H22F4O2S2. The second kappa shape index (κ2) is 13.2. The molecule has 0 bridgehead atoms. The van der Waals surface area contributed by atoms with Gasteiger partial charge in [0.25, 0.3) is 0 Å². The summed E-state index contributed by atoms with van der Waals surface area (Å²) in [5, 5.41) is -0.694. The molecule has 0 fully saturated rings. The van der Waals surface area contributed by atoms with Crippen LogP contribution in [0.25, 0.3) is 11.1 Å². The molecule has 0 atom stereocenters. The molecule has 0 aliphatic heterocycles. The van der Waals surface area contributed by atoms with Crippen LogP contribution < -0.4 is 0 Å². The summed E-state index contributed by atoms with van der Waals surface area (Å²) in [6, 6.07) is 18.5. The lowest BCUT2D eigenvalue weighted by Crippen LogP contribution is -2.04. The molecule has 0 radical (unpaired) electrons. The fourth-order valence-electron chi connectivity index (χ4n) is 4.09. The summed E-state index contributed by atoms with van der Waals surface area (Å²) in [6.45, 7) is 6.37. The van der Waals surface area contributed by atoms with Crippen LogP contribution in [0.5, 0.6) is 0 Å². The van der Waals surface area contributed by atoms with Crippen molar-refractivity contribution in [3.63, 3.8) is 0 Å². The number of thioether (sulfide) groups is 2. The van der Waals surface area contributed by atoms with Crippen molar-refractivity contribution >= 4 is 33.8 Å². The van der Waals surface area contributed by atoms with Crippen LogP contribution in [-0.4, -0.2) is 10.2 Å². The summed E-state index contributed by atoms with van der Waals surface area (Å²) in [5.41, 5.74) is 4.69. The third-order valence-corrected chi connectivity index (χ3v) is 7.66. The smallest absolute Gasteiger partial charge is 0.190 e. The molecule has 0 aliphatic carbocycles. The van der Waals surface area contributed by atoms with Crippen molar-refractivity contribution < 1.29 is 27.2 Å². The third kappa shape index (κ3) is 7.15. The highest BCUT2D eigenvalue weighted by molar-refractivity contribution is 8.13. The summed E-state index contributed by atoms with van der Waals surface area (Å²) in [6.07, 6.45) is 0. The van der Waals surface area contributed by atoms with E-state index in [2.05, 4.69) is 23.7 Å². The zero-order valence-electron chi connectivity index (χ0n) is 22.9. The Labute approximate surface area is 249 Å². The van der Waals surface area contributed by atoms with Crippen LogP contribution in [-0.2, 0) is 9.59 Å². The van der Waals surface area contributed by atoms with Gasteiger partial charge in [-0.3, -0.25) is 9.59 Å².